The van der Waals surface area contributed by atoms with E-state index in [0.717, 1.165) is 29.7 Å². The molecule has 0 radical (unpaired) electrons. The van der Waals surface area contributed by atoms with Gasteiger partial charge in [0.05, 0.1) is 12.3 Å². The van der Waals surface area contributed by atoms with Gasteiger partial charge >= 0.3 is 6.18 Å². The van der Waals surface area contributed by atoms with E-state index in [1.807, 2.05) is 55.5 Å². The van der Waals surface area contributed by atoms with Gasteiger partial charge in [-0.2, -0.15) is 13.2 Å². The molecule has 0 amide bonds. The molecule has 1 heterocycles. The van der Waals surface area contributed by atoms with Crippen molar-refractivity contribution in [3.63, 3.8) is 0 Å². The number of rotatable bonds is 8. The monoisotopic (exact) mass is 399 g/mol. The lowest BCUT2D eigenvalue weighted by molar-refractivity contribution is -0.136. The number of aromatic nitrogens is 1. The van der Waals surface area contributed by atoms with Gasteiger partial charge in [-0.3, -0.25) is 4.98 Å². The topological polar surface area (TPSA) is 22.1 Å². The van der Waals surface area contributed by atoms with Crippen LogP contribution in [-0.2, 0) is 12.8 Å². The molecule has 0 aliphatic rings. The SMILES string of the molecule is Cc1cc(OCCCC(F)(F)F)ccc1CCc1ccccc1-c1ccccn1. The van der Waals surface area contributed by atoms with Crippen molar-refractivity contribution in [2.24, 2.45) is 0 Å². The summed E-state index contributed by atoms with van der Waals surface area (Å²) >= 11 is 0. The number of benzene rings is 2. The van der Waals surface area contributed by atoms with E-state index in [1.54, 1.807) is 6.20 Å². The fourth-order valence-electron chi connectivity index (χ4n) is 3.28. The van der Waals surface area contributed by atoms with E-state index < -0.39 is 12.6 Å². The zero-order valence-corrected chi connectivity index (χ0v) is 16.4. The van der Waals surface area contributed by atoms with Crippen molar-refractivity contribution in [3.8, 4) is 17.0 Å². The summed E-state index contributed by atoms with van der Waals surface area (Å²) in [6.07, 6.45) is -1.45. The molecule has 0 aliphatic carbocycles. The molecule has 0 spiro atoms. The molecule has 0 saturated heterocycles. The van der Waals surface area contributed by atoms with Crippen molar-refractivity contribution in [1.82, 2.24) is 4.98 Å². The highest BCUT2D eigenvalue weighted by Crippen LogP contribution is 2.25. The predicted molar refractivity (Wildman–Crippen MR) is 109 cm³/mol. The molecule has 0 saturated carbocycles. The van der Waals surface area contributed by atoms with Gasteiger partial charge in [-0.05, 0) is 67.1 Å². The first kappa shape index (κ1) is 20.9. The van der Waals surface area contributed by atoms with Gasteiger partial charge < -0.3 is 4.74 Å². The lowest BCUT2D eigenvalue weighted by Gasteiger charge is -2.12. The normalized spacial score (nSPS) is 11.4. The van der Waals surface area contributed by atoms with Gasteiger partial charge in [0.25, 0.3) is 0 Å². The van der Waals surface area contributed by atoms with Crippen LogP contribution in [0, 0.1) is 6.92 Å². The summed E-state index contributed by atoms with van der Waals surface area (Å²) < 4.78 is 42.1. The lowest BCUT2D eigenvalue weighted by atomic mass is 9.96. The van der Waals surface area contributed by atoms with Crippen LogP contribution in [0.15, 0.2) is 66.9 Å². The third-order valence-electron chi connectivity index (χ3n) is 4.81. The second-order valence-electron chi connectivity index (χ2n) is 7.03. The van der Waals surface area contributed by atoms with Crippen molar-refractivity contribution in [2.45, 2.75) is 38.8 Å². The van der Waals surface area contributed by atoms with Crippen molar-refractivity contribution >= 4 is 0 Å². The minimum Gasteiger partial charge on any atom is -0.494 e. The Bertz CT molecular complexity index is 923. The van der Waals surface area contributed by atoms with Gasteiger partial charge in [-0.15, -0.1) is 0 Å². The molecule has 0 unspecified atom stereocenters. The molecule has 0 atom stereocenters. The Kier molecular flexibility index (Phi) is 6.91. The van der Waals surface area contributed by atoms with E-state index in [0.29, 0.717) is 5.75 Å². The highest BCUT2D eigenvalue weighted by molar-refractivity contribution is 5.63. The third kappa shape index (κ3) is 6.34. The van der Waals surface area contributed by atoms with E-state index in [2.05, 4.69) is 17.1 Å². The van der Waals surface area contributed by atoms with E-state index in [9.17, 15) is 13.2 Å². The Labute approximate surface area is 169 Å². The summed E-state index contributed by atoms with van der Waals surface area (Å²) in [6.45, 7) is 2.07. The highest BCUT2D eigenvalue weighted by atomic mass is 19.4. The Morgan fingerprint density at radius 1 is 0.897 bits per heavy atom. The maximum absolute atomic E-state index is 12.2. The fraction of sp³-hybridized carbons (Fsp3) is 0.292. The molecule has 2 aromatic carbocycles. The second-order valence-corrected chi connectivity index (χ2v) is 7.03. The molecular formula is C24H24F3NO. The average molecular weight is 399 g/mol. The number of ether oxygens (including phenoxy) is 1. The average Bonchev–Trinajstić information content (AvgIpc) is 2.71. The maximum Gasteiger partial charge on any atom is 0.389 e. The molecule has 3 rings (SSSR count). The predicted octanol–water partition coefficient (Wildman–Crippen LogP) is 6.56. The molecule has 29 heavy (non-hydrogen) atoms. The molecule has 0 N–H and O–H groups in total. The minimum absolute atomic E-state index is 0.0331. The van der Waals surface area contributed by atoms with Crippen LogP contribution < -0.4 is 4.74 Å². The first-order valence-corrected chi connectivity index (χ1v) is 9.71. The minimum atomic E-state index is -4.13. The Morgan fingerprint density at radius 3 is 2.38 bits per heavy atom. The van der Waals surface area contributed by atoms with Crippen LogP contribution in [0.4, 0.5) is 13.2 Å². The Morgan fingerprint density at radius 2 is 1.66 bits per heavy atom. The van der Waals surface area contributed by atoms with E-state index >= 15 is 0 Å². The fourth-order valence-corrected chi connectivity index (χ4v) is 3.28. The quantitative estimate of drug-likeness (QED) is 0.400. The lowest BCUT2D eigenvalue weighted by Crippen LogP contribution is -2.09. The van der Waals surface area contributed by atoms with Gasteiger partial charge in [0, 0.05) is 18.2 Å². The van der Waals surface area contributed by atoms with Crippen LogP contribution in [-0.4, -0.2) is 17.8 Å². The summed E-state index contributed by atoms with van der Waals surface area (Å²) in [5, 5.41) is 0. The van der Waals surface area contributed by atoms with Gasteiger partial charge in [0.1, 0.15) is 5.75 Å². The van der Waals surface area contributed by atoms with Crippen molar-refractivity contribution in [3.05, 3.63) is 83.6 Å². The largest absolute Gasteiger partial charge is 0.494 e. The van der Waals surface area contributed by atoms with Crippen LogP contribution in [0.2, 0.25) is 0 Å². The van der Waals surface area contributed by atoms with Crippen LogP contribution in [0.1, 0.15) is 29.5 Å². The molecule has 5 heteroatoms. The molecular weight excluding hydrogens is 375 g/mol. The summed E-state index contributed by atoms with van der Waals surface area (Å²) in [5.74, 6) is 0.613. The Hall–Kier alpha value is -2.82. The van der Waals surface area contributed by atoms with Gasteiger partial charge in [-0.1, -0.05) is 36.4 Å². The third-order valence-corrected chi connectivity index (χ3v) is 4.81. The molecule has 3 aromatic rings. The van der Waals surface area contributed by atoms with Gasteiger partial charge in [0.2, 0.25) is 0 Å². The number of aryl methyl sites for hydroxylation is 3. The first-order valence-electron chi connectivity index (χ1n) is 9.71. The van der Waals surface area contributed by atoms with Crippen molar-refractivity contribution in [2.75, 3.05) is 6.61 Å². The number of halogens is 3. The molecule has 1 aromatic heterocycles. The number of pyridine rings is 1. The van der Waals surface area contributed by atoms with Gasteiger partial charge in [0.15, 0.2) is 0 Å². The van der Waals surface area contributed by atoms with Crippen LogP contribution >= 0.6 is 0 Å². The standard InChI is InChI=1S/C24H24F3NO/c1-18-17-21(29-16-6-14-24(25,26)27)13-12-19(18)10-11-20-7-2-3-8-22(20)23-9-4-5-15-28-23/h2-5,7-9,12-13,15,17H,6,10-11,14,16H2,1H3. The molecule has 2 nitrogen and oxygen atoms in total. The number of hydrogen-bond acceptors (Lipinski definition) is 2. The zero-order chi connectivity index (χ0) is 20.7. The van der Waals surface area contributed by atoms with Crippen molar-refractivity contribution in [1.29, 1.82) is 0 Å². The molecule has 0 aliphatic heterocycles. The van der Waals surface area contributed by atoms with Crippen LogP contribution in [0.5, 0.6) is 5.75 Å². The smallest absolute Gasteiger partial charge is 0.389 e. The number of nitrogens with zero attached hydrogens (tertiary/aromatic N) is 1. The molecule has 0 fully saturated rings. The maximum atomic E-state index is 12.2. The number of hydrogen-bond donors (Lipinski definition) is 0. The number of alkyl halides is 3. The molecule has 0 bridgehead atoms. The second kappa shape index (κ2) is 9.59. The summed E-state index contributed by atoms with van der Waals surface area (Å²) in [6, 6.07) is 19.9. The van der Waals surface area contributed by atoms with E-state index in [1.165, 1.54) is 11.1 Å². The zero-order valence-electron chi connectivity index (χ0n) is 16.4. The molecule has 152 valence electrons. The van der Waals surface area contributed by atoms with Crippen molar-refractivity contribution < 1.29 is 17.9 Å². The van der Waals surface area contributed by atoms with Crippen LogP contribution in [0.25, 0.3) is 11.3 Å². The first-order chi connectivity index (χ1) is 13.9. The summed E-state index contributed by atoms with van der Waals surface area (Å²) in [7, 11) is 0. The Balaban J connectivity index is 1.61. The van der Waals surface area contributed by atoms with E-state index in [-0.39, 0.29) is 13.0 Å². The van der Waals surface area contributed by atoms with Gasteiger partial charge in [-0.25, -0.2) is 0 Å². The van der Waals surface area contributed by atoms with Crippen LogP contribution in [0.3, 0.4) is 0 Å². The summed E-state index contributed by atoms with van der Waals surface area (Å²) in [5.41, 5.74) is 5.60. The van der Waals surface area contributed by atoms with E-state index in [4.69, 9.17) is 4.74 Å². The summed E-state index contributed by atoms with van der Waals surface area (Å²) in [4.78, 5) is 4.46. The highest BCUT2D eigenvalue weighted by Gasteiger charge is 2.26.